The van der Waals surface area contributed by atoms with Crippen molar-refractivity contribution < 1.29 is 9.53 Å². The topological polar surface area (TPSA) is 79.9 Å². The Hall–Kier alpha value is -2.22. The molecule has 0 atom stereocenters. The normalized spacial score (nSPS) is 10.7. The maximum atomic E-state index is 12.1. The fourth-order valence-electron chi connectivity index (χ4n) is 2.30. The number of rotatable bonds is 8. The Morgan fingerprint density at radius 1 is 1.21 bits per heavy atom. The predicted octanol–water partition coefficient (Wildman–Crippen LogP) is 4.98. The molecule has 6 nitrogen and oxygen atoms in total. The van der Waals surface area contributed by atoms with Gasteiger partial charge in [0.15, 0.2) is 5.82 Å². The summed E-state index contributed by atoms with van der Waals surface area (Å²) in [6.45, 7) is 2.37. The van der Waals surface area contributed by atoms with Gasteiger partial charge in [0.2, 0.25) is 11.1 Å². The first kappa shape index (κ1) is 20.5. The number of benzene rings is 2. The van der Waals surface area contributed by atoms with E-state index in [1.165, 1.54) is 17.3 Å². The third-order valence-electron chi connectivity index (χ3n) is 3.78. The van der Waals surface area contributed by atoms with Crippen LogP contribution in [0, 0.1) is 0 Å². The summed E-state index contributed by atoms with van der Waals surface area (Å²) >= 11 is 13.2. The monoisotopic (exact) mass is 436 g/mol. The zero-order chi connectivity index (χ0) is 19.9. The van der Waals surface area contributed by atoms with Crippen LogP contribution in [-0.4, -0.2) is 26.8 Å². The highest BCUT2D eigenvalue weighted by Gasteiger charge is 2.11. The SMILES string of the molecule is CCc1ccc(OCc2nc(SCC(=O)Nc3cccc(Cl)c3Cl)n[nH]2)cc1. The molecule has 28 heavy (non-hydrogen) atoms. The van der Waals surface area contributed by atoms with E-state index >= 15 is 0 Å². The number of thioether (sulfide) groups is 1. The summed E-state index contributed by atoms with van der Waals surface area (Å²) in [5.74, 6) is 1.26. The number of aromatic nitrogens is 3. The number of H-pyrrole nitrogens is 1. The third kappa shape index (κ3) is 5.64. The first-order valence-corrected chi connectivity index (χ1v) is 10.3. The number of amides is 1. The molecule has 0 saturated heterocycles. The Labute approximate surface area is 177 Å². The molecule has 0 fully saturated rings. The van der Waals surface area contributed by atoms with Crippen molar-refractivity contribution in [3.05, 3.63) is 63.9 Å². The van der Waals surface area contributed by atoms with Gasteiger partial charge in [-0.1, -0.05) is 60.1 Å². The summed E-state index contributed by atoms with van der Waals surface area (Å²) in [6, 6.07) is 13.0. The maximum absolute atomic E-state index is 12.1. The van der Waals surface area contributed by atoms with Crippen molar-refractivity contribution in [3.8, 4) is 5.75 Å². The highest BCUT2D eigenvalue weighted by molar-refractivity contribution is 7.99. The van der Waals surface area contributed by atoms with Crippen molar-refractivity contribution in [3.63, 3.8) is 0 Å². The van der Waals surface area contributed by atoms with E-state index in [-0.39, 0.29) is 18.3 Å². The molecule has 2 N–H and O–H groups in total. The third-order valence-corrected chi connectivity index (χ3v) is 5.44. The number of carbonyl (C=O) groups excluding carboxylic acids is 1. The van der Waals surface area contributed by atoms with Gasteiger partial charge in [-0.3, -0.25) is 9.89 Å². The Morgan fingerprint density at radius 2 is 2.00 bits per heavy atom. The fraction of sp³-hybridized carbons (Fsp3) is 0.211. The van der Waals surface area contributed by atoms with Crippen molar-refractivity contribution in [2.45, 2.75) is 25.1 Å². The van der Waals surface area contributed by atoms with Crippen LogP contribution in [0.5, 0.6) is 5.75 Å². The van der Waals surface area contributed by atoms with Crippen molar-refractivity contribution in [1.29, 1.82) is 0 Å². The molecule has 0 bridgehead atoms. The molecule has 146 valence electrons. The quantitative estimate of drug-likeness (QED) is 0.486. The second kappa shape index (κ2) is 9.82. The second-order valence-electron chi connectivity index (χ2n) is 5.79. The average molecular weight is 437 g/mol. The van der Waals surface area contributed by atoms with Crippen LogP contribution in [0.4, 0.5) is 5.69 Å². The summed E-state index contributed by atoms with van der Waals surface area (Å²) in [7, 11) is 0. The molecule has 9 heteroatoms. The van der Waals surface area contributed by atoms with Gasteiger partial charge < -0.3 is 10.1 Å². The fourth-order valence-corrected chi connectivity index (χ4v) is 3.26. The lowest BCUT2D eigenvalue weighted by Crippen LogP contribution is -2.14. The summed E-state index contributed by atoms with van der Waals surface area (Å²) in [6.07, 6.45) is 0.986. The molecule has 1 aromatic heterocycles. The first-order chi connectivity index (χ1) is 13.5. The van der Waals surface area contributed by atoms with E-state index in [1.807, 2.05) is 24.3 Å². The molecule has 0 radical (unpaired) electrons. The minimum atomic E-state index is -0.229. The molecule has 0 aliphatic heterocycles. The number of halogens is 2. The van der Waals surface area contributed by atoms with Crippen molar-refractivity contribution in [1.82, 2.24) is 15.2 Å². The summed E-state index contributed by atoms with van der Waals surface area (Å²) < 4.78 is 5.68. The highest BCUT2D eigenvalue weighted by Crippen LogP contribution is 2.29. The molecular weight excluding hydrogens is 419 g/mol. The van der Waals surface area contributed by atoms with Crippen LogP contribution >= 0.6 is 35.0 Å². The van der Waals surface area contributed by atoms with Crippen LogP contribution in [0.1, 0.15) is 18.3 Å². The van der Waals surface area contributed by atoms with Gasteiger partial charge in [0.25, 0.3) is 0 Å². The van der Waals surface area contributed by atoms with Crippen LogP contribution in [-0.2, 0) is 17.8 Å². The largest absolute Gasteiger partial charge is 0.486 e. The van der Waals surface area contributed by atoms with E-state index in [0.29, 0.717) is 26.7 Å². The van der Waals surface area contributed by atoms with Gasteiger partial charge in [-0.2, -0.15) is 0 Å². The van der Waals surface area contributed by atoms with E-state index in [0.717, 1.165) is 12.2 Å². The molecule has 2 aromatic carbocycles. The lowest BCUT2D eigenvalue weighted by Gasteiger charge is -2.07. The van der Waals surface area contributed by atoms with Crippen molar-refractivity contribution in [2.75, 3.05) is 11.1 Å². The molecule has 0 aliphatic carbocycles. The molecule has 1 heterocycles. The first-order valence-electron chi connectivity index (χ1n) is 8.55. The van der Waals surface area contributed by atoms with Crippen molar-refractivity contribution in [2.24, 2.45) is 0 Å². The van der Waals surface area contributed by atoms with Crippen molar-refractivity contribution >= 4 is 46.6 Å². The number of hydrogen-bond donors (Lipinski definition) is 2. The average Bonchev–Trinajstić information content (AvgIpc) is 3.17. The number of carbonyl (C=O) groups is 1. The highest BCUT2D eigenvalue weighted by atomic mass is 35.5. The van der Waals surface area contributed by atoms with Gasteiger partial charge in [0.1, 0.15) is 12.4 Å². The molecule has 0 unspecified atom stereocenters. The number of anilines is 1. The number of hydrogen-bond acceptors (Lipinski definition) is 5. The van der Waals surface area contributed by atoms with Gasteiger partial charge in [0, 0.05) is 0 Å². The molecule has 3 rings (SSSR count). The smallest absolute Gasteiger partial charge is 0.234 e. The van der Waals surface area contributed by atoms with Crippen LogP contribution in [0.3, 0.4) is 0 Å². The number of ether oxygens (including phenoxy) is 1. The van der Waals surface area contributed by atoms with Gasteiger partial charge in [-0.15, -0.1) is 5.10 Å². The zero-order valence-electron chi connectivity index (χ0n) is 15.0. The summed E-state index contributed by atoms with van der Waals surface area (Å²) in [5, 5.41) is 10.8. The van der Waals surface area contributed by atoms with E-state index < -0.39 is 0 Å². The lowest BCUT2D eigenvalue weighted by molar-refractivity contribution is -0.113. The van der Waals surface area contributed by atoms with E-state index in [2.05, 4.69) is 27.4 Å². The van der Waals surface area contributed by atoms with Crippen LogP contribution < -0.4 is 10.1 Å². The van der Waals surface area contributed by atoms with Crippen LogP contribution in [0.2, 0.25) is 10.0 Å². The minimum absolute atomic E-state index is 0.138. The zero-order valence-corrected chi connectivity index (χ0v) is 17.4. The minimum Gasteiger partial charge on any atom is -0.486 e. The molecule has 1 amide bonds. The Bertz CT molecular complexity index is 947. The van der Waals surface area contributed by atoms with Gasteiger partial charge in [0.05, 0.1) is 21.5 Å². The standard InChI is InChI=1S/C19H18Cl2N4O2S/c1-2-12-6-8-13(9-7-12)27-10-16-23-19(25-24-16)28-11-17(26)22-15-5-3-4-14(20)18(15)21/h3-9H,2,10-11H2,1H3,(H,22,26)(H,23,24,25). The summed E-state index contributed by atoms with van der Waals surface area (Å²) in [5.41, 5.74) is 1.72. The number of aryl methyl sites for hydroxylation is 1. The number of nitrogens with zero attached hydrogens (tertiary/aromatic N) is 2. The number of nitrogens with one attached hydrogen (secondary N) is 2. The van der Waals surface area contributed by atoms with Crippen LogP contribution in [0.25, 0.3) is 0 Å². The van der Waals surface area contributed by atoms with Gasteiger partial charge in [-0.05, 0) is 36.2 Å². The van der Waals surface area contributed by atoms with E-state index in [4.69, 9.17) is 27.9 Å². The number of aromatic amines is 1. The van der Waals surface area contributed by atoms with Gasteiger partial charge in [-0.25, -0.2) is 4.98 Å². The Balaban J connectivity index is 1.47. The van der Waals surface area contributed by atoms with E-state index in [9.17, 15) is 4.79 Å². The summed E-state index contributed by atoms with van der Waals surface area (Å²) in [4.78, 5) is 16.4. The van der Waals surface area contributed by atoms with E-state index in [1.54, 1.807) is 18.2 Å². The van der Waals surface area contributed by atoms with Gasteiger partial charge >= 0.3 is 0 Å². The molecule has 0 spiro atoms. The predicted molar refractivity (Wildman–Crippen MR) is 112 cm³/mol. The maximum Gasteiger partial charge on any atom is 0.234 e. The Morgan fingerprint density at radius 3 is 2.75 bits per heavy atom. The molecule has 3 aromatic rings. The second-order valence-corrected chi connectivity index (χ2v) is 7.52. The lowest BCUT2D eigenvalue weighted by atomic mass is 10.2. The van der Waals surface area contributed by atoms with Crippen LogP contribution in [0.15, 0.2) is 47.6 Å². The molecule has 0 aliphatic rings. The Kier molecular flexibility index (Phi) is 7.19. The molecular formula is C19H18Cl2N4O2S. The molecule has 0 saturated carbocycles.